The summed E-state index contributed by atoms with van der Waals surface area (Å²) in [5.41, 5.74) is 2.86. The van der Waals surface area contributed by atoms with Crippen LogP contribution in [0.5, 0.6) is 0 Å². The van der Waals surface area contributed by atoms with Crippen LogP contribution in [0.4, 0.5) is 8.78 Å². The average Bonchev–Trinajstić information content (AvgIpc) is 3.31. The average molecular weight is 365 g/mol. The fourth-order valence-electron chi connectivity index (χ4n) is 3.24. The first-order valence-corrected chi connectivity index (χ1v) is 8.57. The van der Waals surface area contributed by atoms with Crippen LogP contribution < -0.4 is 0 Å². The first-order chi connectivity index (χ1) is 13.1. The summed E-state index contributed by atoms with van der Waals surface area (Å²) in [4.78, 5) is 4.47. The van der Waals surface area contributed by atoms with E-state index >= 15 is 4.39 Å². The topological polar surface area (TPSA) is 59.5 Å². The van der Waals surface area contributed by atoms with Crippen molar-refractivity contribution in [3.05, 3.63) is 77.6 Å². The van der Waals surface area contributed by atoms with Crippen LogP contribution >= 0.6 is 0 Å². The van der Waals surface area contributed by atoms with Gasteiger partial charge in [0.2, 0.25) is 0 Å². The summed E-state index contributed by atoms with van der Waals surface area (Å²) in [6.07, 6.45) is 1.18. The molecule has 0 saturated heterocycles. The molecule has 0 fully saturated rings. The smallest absolute Gasteiger partial charge is 0.199 e. The van der Waals surface area contributed by atoms with Crippen molar-refractivity contribution >= 4 is 17.2 Å². The van der Waals surface area contributed by atoms with E-state index in [0.29, 0.717) is 23.3 Å². The van der Waals surface area contributed by atoms with Gasteiger partial charge in [0.05, 0.1) is 22.4 Å². The van der Waals surface area contributed by atoms with Crippen LogP contribution in [0.15, 0.2) is 54.7 Å². The van der Waals surface area contributed by atoms with E-state index in [0.717, 1.165) is 5.52 Å². The minimum Gasteiger partial charge on any atom is -0.325 e. The number of imidazole rings is 1. The molecule has 5 nitrogen and oxygen atoms in total. The number of aryl methyl sites for hydroxylation is 1. The fraction of sp³-hybridized carbons (Fsp3) is 0.150. The second-order valence-electron chi connectivity index (χ2n) is 6.12. The van der Waals surface area contributed by atoms with Crippen LogP contribution in [0.3, 0.4) is 0 Å². The Morgan fingerprint density at radius 3 is 2.78 bits per heavy atom. The lowest BCUT2D eigenvalue weighted by Gasteiger charge is -2.13. The van der Waals surface area contributed by atoms with Crippen LogP contribution in [-0.2, 0) is 6.54 Å². The van der Waals surface area contributed by atoms with E-state index < -0.39 is 12.0 Å². The summed E-state index contributed by atoms with van der Waals surface area (Å²) in [6, 6.07) is 12.8. The van der Waals surface area contributed by atoms with E-state index in [9.17, 15) is 4.39 Å². The number of nitrogens with zero attached hydrogens (tertiary/aromatic N) is 4. The Bertz CT molecular complexity index is 1130. The third-order valence-electron chi connectivity index (χ3n) is 4.50. The molecule has 4 rings (SSSR count). The van der Waals surface area contributed by atoms with Gasteiger partial charge in [-0.1, -0.05) is 12.1 Å². The molecule has 136 valence electrons. The summed E-state index contributed by atoms with van der Waals surface area (Å²) in [7, 11) is 0. The lowest BCUT2D eigenvalue weighted by molar-refractivity contribution is 0.359. The number of alkyl halides is 1. The molecule has 0 aliphatic carbocycles. The molecule has 0 spiro atoms. The van der Waals surface area contributed by atoms with Gasteiger partial charge in [-0.3, -0.25) is 0 Å². The van der Waals surface area contributed by atoms with E-state index in [1.165, 1.54) is 29.2 Å². The molecule has 2 aromatic carbocycles. The third-order valence-corrected chi connectivity index (χ3v) is 4.50. The Balaban J connectivity index is 1.83. The van der Waals surface area contributed by atoms with Gasteiger partial charge in [0.1, 0.15) is 5.82 Å². The molecule has 2 heterocycles. The molecule has 27 heavy (non-hydrogen) atoms. The van der Waals surface area contributed by atoms with Crippen LogP contribution in [-0.4, -0.2) is 25.5 Å². The van der Waals surface area contributed by atoms with E-state index in [1.54, 1.807) is 34.9 Å². The molecule has 0 bridgehead atoms. The number of benzene rings is 2. The first kappa shape index (κ1) is 17.1. The molecule has 0 amide bonds. The summed E-state index contributed by atoms with van der Waals surface area (Å²) in [5, 5.41) is 11.5. The molecule has 0 aliphatic rings. The Hall–Kier alpha value is -3.35. The molecule has 0 aliphatic heterocycles. The van der Waals surface area contributed by atoms with Crippen molar-refractivity contribution < 1.29 is 8.78 Å². The second kappa shape index (κ2) is 6.75. The maximum Gasteiger partial charge on any atom is 0.199 e. The zero-order chi connectivity index (χ0) is 19.0. The summed E-state index contributed by atoms with van der Waals surface area (Å²) < 4.78 is 32.3. The largest absolute Gasteiger partial charge is 0.325 e. The lowest BCUT2D eigenvalue weighted by Crippen LogP contribution is -2.11. The molecule has 1 N–H and O–H groups in total. The van der Waals surface area contributed by atoms with Crippen molar-refractivity contribution in [3.8, 4) is 5.69 Å². The zero-order valence-electron chi connectivity index (χ0n) is 14.6. The Morgan fingerprint density at radius 2 is 2.04 bits per heavy atom. The summed E-state index contributed by atoms with van der Waals surface area (Å²) in [5.74, 6) is -0.155. The Kier molecular flexibility index (Phi) is 4.27. The second-order valence-corrected chi connectivity index (χ2v) is 6.12. The lowest BCUT2D eigenvalue weighted by atomic mass is 10.2. The molecule has 0 saturated carbocycles. The number of rotatable bonds is 5. The highest BCUT2D eigenvalue weighted by atomic mass is 19.1. The van der Waals surface area contributed by atoms with Gasteiger partial charge < -0.3 is 9.98 Å². The normalized spacial score (nSPS) is 12.4. The van der Waals surface area contributed by atoms with E-state index in [4.69, 9.17) is 5.41 Å². The van der Waals surface area contributed by atoms with Crippen molar-refractivity contribution in [3.63, 3.8) is 0 Å². The maximum absolute atomic E-state index is 15.5. The van der Waals surface area contributed by atoms with Crippen LogP contribution in [0, 0.1) is 11.2 Å². The zero-order valence-corrected chi connectivity index (χ0v) is 14.6. The number of halogens is 2. The van der Waals surface area contributed by atoms with Crippen LogP contribution in [0.1, 0.15) is 30.2 Å². The fourth-order valence-corrected chi connectivity index (χ4v) is 3.24. The number of hydrogen-bond acceptors (Lipinski definition) is 3. The molecule has 2 aromatic heterocycles. The van der Waals surface area contributed by atoms with Gasteiger partial charge in [-0.15, -0.1) is 0 Å². The third kappa shape index (κ3) is 2.91. The Labute approximate surface area is 154 Å². The molecule has 0 radical (unpaired) electrons. The number of aromatic nitrogens is 4. The monoisotopic (exact) mass is 365 g/mol. The summed E-state index contributed by atoms with van der Waals surface area (Å²) in [6.45, 7) is 2.47. The minimum atomic E-state index is -1.54. The minimum absolute atomic E-state index is 0.257. The van der Waals surface area contributed by atoms with Crippen molar-refractivity contribution in [2.75, 3.05) is 0 Å². The van der Waals surface area contributed by atoms with Crippen molar-refractivity contribution in [2.24, 2.45) is 0 Å². The molecular weight excluding hydrogens is 348 g/mol. The van der Waals surface area contributed by atoms with Crippen LogP contribution in [0.2, 0.25) is 0 Å². The predicted molar refractivity (Wildman–Crippen MR) is 99.8 cm³/mol. The van der Waals surface area contributed by atoms with Crippen molar-refractivity contribution in [1.29, 1.82) is 5.41 Å². The van der Waals surface area contributed by atoms with E-state index in [2.05, 4.69) is 10.1 Å². The number of nitrogens with one attached hydrogen (secondary N) is 1. The first-order valence-electron chi connectivity index (χ1n) is 8.57. The highest BCUT2D eigenvalue weighted by Crippen LogP contribution is 2.30. The predicted octanol–water partition coefficient (Wildman–Crippen LogP) is 4.44. The highest BCUT2D eigenvalue weighted by molar-refractivity contribution is 5.86. The maximum atomic E-state index is 15.5. The number of hydrogen-bond donors (Lipinski definition) is 1. The van der Waals surface area contributed by atoms with Gasteiger partial charge in [-0.25, -0.2) is 18.4 Å². The van der Waals surface area contributed by atoms with Gasteiger partial charge in [-0.05, 0) is 48.9 Å². The molecule has 1 atom stereocenters. The molecule has 7 heteroatoms. The Morgan fingerprint density at radius 1 is 1.19 bits per heavy atom. The highest BCUT2D eigenvalue weighted by Gasteiger charge is 2.25. The molecule has 1 unspecified atom stereocenters. The quantitative estimate of drug-likeness (QED) is 0.532. The van der Waals surface area contributed by atoms with Gasteiger partial charge >= 0.3 is 0 Å². The van der Waals surface area contributed by atoms with Crippen molar-refractivity contribution in [1.82, 2.24) is 19.3 Å². The summed E-state index contributed by atoms with van der Waals surface area (Å²) >= 11 is 0. The van der Waals surface area contributed by atoms with E-state index in [-0.39, 0.29) is 11.5 Å². The number of fused-ring (bicyclic) bond motifs is 1. The SMILES string of the molecule is CCn1c(C(F)c2ccnn2-c2cccc(F)c2)nc2cc(C=N)ccc21. The molecular formula is C20H17F2N5. The van der Waals surface area contributed by atoms with Gasteiger partial charge in [0.25, 0.3) is 0 Å². The van der Waals surface area contributed by atoms with Gasteiger partial charge in [0.15, 0.2) is 12.0 Å². The standard InChI is InChI=1S/C20H17F2N5/c1-2-26-17-7-6-13(12-23)10-16(17)25-20(26)19(22)18-8-9-24-27(18)15-5-3-4-14(21)11-15/h3-12,19,23H,2H2,1H3. The van der Waals surface area contributed by atoms with Gasteiger partial charge in [-0.2, -0.15) is 5.10 Å². The van der Waals surface area contributed by atoms with Crippen LogP contribution in [0.25, 0.3) is 16.7 Å². The van der Waals surface area contributed by atoms with Gasteiger partial charge in [0, 0.05) is 19.0 Å². The molecule has 4 aromatic rings. The van der Waals surface area contributed by atoms with E-state index in [1.807, 2.05) is 13.0 Å². The van der Waals surface area contributed by atoms with Crippen molar-refractivity contribution in [2.45, 2.75) is 19.6 Å².